The Balaban J connectivity index is 4.23. The Morgan fingerprint density at radius 2 is 2.00 bits per heavy atom. The third-order valence-corrected chi connectivity index (χ3v) is 2.11. The van der Waals surface area contributed by atoms with E-state index in [9.17, 15) is 0 Å². The summed E-state index contributed by atoms with van der Waals surface area (Å²) < 4.78 is 0. The third-order valence-electron chi connectivity index (χ3n) is 2.11. The molecule has 0 saturated carbocycles. The standard InChI is InChI=1S/C13H23N/c1-6-8-12(5)9-10-14-13(7-2)11(3)4/h7,9-11H,6,8H2,1-5H3/b12-9+,13-7-,14-10-. The second kappa shape index (κ2) is 7.54. The minimum atomic E-state index is 0.510. The molecular formula is C13H23N. The molecule has 0 spiro atoms. The second-order valence-corrected chi connectivity index (χ2v) is 3.91. The van der Waals surface area contributed by atoms with E-state index in [2.05, 4.69) is 44.8 Å². The summed E-state index contributed by atoms with van der Waals surface area (Å²) in [5, 5.41) is 0. The lowest BCUT2D eigenvalue weighted by Gasteiger charge is -2.03. The van der Waals surface area contributed by atoms with E-state index >= 15 is 0 Å². The molecule has 0 amide bonds. The number of hydrogen-bond acceptors (Lipinski definition) is 1. The summed E-state index contributed by atoms with van der Waals surface area (Å²) >= 11 is 0. The van der Waals surface area contributed by atoms with E-state index in [-0.39, 0.29) is 0 Å². The molecule has 0 N–H and O–H groups in total. The molecule has 0 aliphatic carbocycles. The van der Waals surface area contributed by atoms with Crippen molar-refractivity contribution in [2.45, 2.75) is 47.5 Å². The minimum absolute atomic E-state index is 0.510. The van der Waals surface area contributed by atoms with Crippen LogP contribution in [0.15, 0.2) is 28.4 Å². The molecule has 0 aromatic rings. The van der Waals surface area contributed by atoms with Crippen molar-refractivity contribution in [2.24, 2.45) is 10.9 Å². The van der Waals surface area contributed by atoms with Crippen molar-refractivity contribution in [3.63, 3.8) is 0 Å². The van der Waals surface area contributed by atoms with Gasteiger partial charge in [0.05, 0.1) is 0 Å². The molecule has 0 aromatic carbocycles. The highest BCUT2D eigenvalue weighted by molar-refractivity contribution is 5.73. The van der Waals surface area contributed by atoms with Gasteiger partial charge in [-0.25, -0.2) is 0 Å². The van der Waals surface area contributed by atoms with Gasteiger partial charge in [-0.05, 0) is 32.3 Å². The highest BCUT2D eigenvalue weighted by atomic mass is 14.7. The summed E-state index contributed by atoms with van der Waals surface area (Å²) in [5.41, 5.74) is 2.56. The van der Waals surface area contributed by atoms with Crippen LogP contribution in [0.2, 0.25) is 0 Å². The van der Waals surface area contributed by atoms with Gasteiger partial charge < -0.3 is 0 Å². The van der Waals surface area contributed by atoms with Gasteiger partial charge in [-0.3, -0.25) is 4.99 Å². The van der Waals surface area contributed by atoms with Crippen LogP contribution in [-0.4, -0.2) is 6.21 Å². The zero-order chi connectivity index (χ0) is 11.0. The molecule has 80 valence electrons. The summed E-state index contributed by atoms with van der Waals surface area (Å²) in [4.78, 5) is 4.42. The topological polar surface area (TPSA) is 12.4 Å². The van der Waals surface area contributed by atoms with Crippen molar-refractivity contribution < 1.29 is 0 Å². The van der Waals surface area contributed by atoms with E-state index in [4.69, 9.17) is 0 Å². The molecule has 0 saturated heterocycles. The molecule has 0 rings (SSSR count). The Kier molecular flexibility index (Phi) is 7.09. The molecule has 0 fully saturated rings. The molecule has 0 atom stereocenters. The average molecular weight is 193 g/mol. The van der Waals surface area contributed by atoms with Crippen LogP contribution in [0.25, 0.3) is 0 Å². The fraction of sp³-hybridized carbons (Fsp3) is 0.615. The predicted octanol–water partition coefficient (Wildman–Crippen LogP) is 4.36. The van der Waals surface area contributed by atoms with Crippen LogP contribution < -0.4 is 0 Å². The molecule has 1 nitrogen and oxygen atoms in total. The summed E-state index contributed by atoms with van der Waals surface area (Å²) in [6, 6.07) is 0. The zero-order valence-electron chi connectivity index (χ0n) is 10.2. The van der Waals surface area contributed by atoms with Crippen LogP contribution in [0, 0.1) is 5.92 Å². The summed E-state index contributed by atoms with van der Waals surface area (Å²) in [6.45, 7) is 10.7. The maximum Gasteiger partial charge on any atom is 0.0386 e. The van der Waals surface area contributed by atoms with Crippen molar-refractivity contribution in [1.29, 1.82) is 0 Å². The molecule has 0 radical (unpaired) electrons. The van der Waals surface area contributed by atoms with E-state index in [1.807, 2.05) is 13.1 Å². The molecule has 0 aromatic heterocycles. The summed E-state index contributed by atoms with van der Waals surface area (Å²) in [5.74, 6) is 0.510. The molecule has 0 bridgehead atoms. The van der Waals surface area contributed by atoms with Crippen molar-refractivity contribution >= 4 is 6.21 Å². The van der Waals surface area contributed by atoms with Gasteiger partial charge in [0, 0.05) is 11.9 Å². The first-order valence-corrected chi connectivity index (χ1v) is 5.47. The Labute approximate surface area is 88.6 Å². The van der Waals surface area contributed by atoms with Crippen LogP contribution >= 0.6 is 0 Å². The molecule has 0 aliphatic rings. The summed E-state index contributed by atoms with van der Waals surface area (Å²) in [6.07, 6.45) is 8.47. The number of allylic oxidation sites excluding steroid dienone is 4. The molecule has 0 aliphatic heterocycles. The SMILES string of the molecule is C\C=C(/N=C\C=C(/C)CCC)C(C)C. The van der Waals surface area contributed by atoms with Gasteiger partial charge in [-0.1, -0.05) is 38.8 Å². The van der Waals surface area contributed by atoms with Crippen molar-refractivity contribution in [2.75, 3.05) is 0 Å². The first-order valence-electron chi connectivity index (χ1n) is 5.47. The van der Waals surface area contributed by atoms with Crippen LogP contribution in [0.4, 0.5) is 0 Å². The lowest BCUT2D eigenvalue weighted by atomic mass is 10.1. The number of aliphatic imine (C=N–C) groups is 1. The maximum atomic E-state index is 4.42. The second-order valence-electron chi connectivity index (χ2n) is 3.91. The van der Waals surface area contributed by atoms with Crippen molar-refractivity contribution in [3.05, 3.63) is 23.4 Å². The van der Waals surface area contributed by atoms with E-state index in [1.165, 1.54) is 18.4 Å². The Hall–Kier alpha value is -0.850. The first-order chi connectivity index (χ1) is 6.61. The van der Waals surface area contributed by atoms with E-state index in [0.29, 0.717) is 5.92 Å². The van der Waals surface area contributed by atoms with Crippen molar-refractivity contribution in [3.8, 4) is 0 Å². The van der Waals surface area contributed by atoms with E-state index in [1.54, 1.807) is 0 Å². The van der Waals surface area contributed by atoms with E-state index < -0.39 is 0 Å². The lowest BCUT2D eigenvalue weighted by molar-refractivity contribution is 0.757. The van der Waals surface area contributed by atoms with Gasteiger partial charge in [0.25, 0.3) is 0 Å². The van der Waals surface area contributed by atoms with Crippen LogP contribution in [-0.2, 0) is 0 Å². The lowest BCUT2D eigenvalue weighted by Crippen LogP contribution is -1.90. The molecular weight excluding hydrogens is 170 g/mol. The Bertz CT molecular complexity index is 232. The van der Waals surface area contributed by atoms with Gasteiger partial charge in [-0.15, -0.1) is 0 Å². The predicted molar refractivity (Wildman–Crippen MR) is 65.8 cm³/mol. The Morgan fingerprint density at radius 1 is 1.36 bits per heavy atom. The van der Waals surface area contributed by atoms with Gasteiger partial charge in [-0.2, -0.15) is 0 Å². The first kappa shape index (κ1) is 13.2. The molecule has 0 unspecified atom stereocenters. The Morgan fingerprint density at radius 3 is 2.43 bits per heavy atom. The third kappa shape index (κ3) is 5.74. The summed E-state index contributed by atoms with van der Waals surface area (Å²) in [7, 11) is 0. The fourth-order valence-corrected chi connectivity index (χ4v) is 1.29. The average Bonchev–Trinajstić information content (AvgIpc) is 2.12. The quantitative estimate of drug-likeness (QED) is 0.575. The van der Waals surface area contributed by atoms with Crippen LogP contribution in [0.1, 0.15) is 47.5 Å². The normalized spacial score (nSPS) is 14.4. The van der Waals surface area contributed by atoms with E-state index in [0.717, 1.165) is 5.70 Å². The largest absolute Gasteiger partial charge is 0.261 e. The van der Waals surface area contributed by atoms with Crippen molar-refractivity contribution in [1.82, 2.24) is 0 Å². The van der Waals surface area contributed by atoms with Gasteiger partial charge in [0.1, 0.15) is 0 Å². The minimum Gasteiger partial charge on any atom is -0.261 e. The number of rotatable bonds is 5. The van der Waals surface area contributed by atoms with Crippen LogP contribution in [0.5, 0.6) is 0 Å². The molecule has 0 heterocycles. The van der Waals surface area contributed by atoms with Gasteiger partial charge >= 0.3 is 0 Å². The van der Waals surface area contributed by atoms with Gasteiger partial charge in [0.2, 0.25) is 0 Å². The molecule has 1 heteroatoms. The fourth-order valence-electron chi connectivity index (χ4n) is 1.29. The smallest absolute Gasteiger partial charge is 0.0386 e. The monoisotopic (exact) mass is 193 g/mol. The highest BCUT2D eigenvalue weighted by Crippen LogP contribution is 2.10. The van der Waals surface area contributed by atoms with Gasteiger partial charge in [0.15, 0.2) is 0 Å². The highest BCUT2D eigenvalue weighted by Gasteiger charge is 1.96. The molecule has 14 heavy (non-hydrogen) atoms. The zero-order valence-corrected chi connectivity index (χ0v) is 10.2. The van der Waals surface area contributed by atoms with Crippen LogP contribution in [0.3, 0.4) is 0 Å². The number of hydrogen-bond donors (Lipinski definition) is 0. The number of nitrogens with zero attached hydrogens (tertiary/aromatic N) is 1. The maximum absolute atomic E-state index is 4.42.